The lowest BCUT2D eigenvalue weighted by Gasteiger charge is -2.20. The molecule has 0 amide bonds. The zero-order valence-corrected chi connectivity index (χ0v) is 9.95. The second-order valence-corrected chi connectivity index (χ2v) is 3.75. The van der Waals surface area contributed by atoms with E-state index in [4.69, 9.17) is 15.3 Å². The molecule has 0 spiro atoms. The summed E-state index contributed by atoms with van der Waals surface area (Å²) in [6.45, 7) is -0.279. The summed E-state index contributed by atoms with van der Waals surface area (Å²) in [5, 5.41) is 35.2. The normalized spacial score (nSPS) is 12.3. The third kappa shape index (κ3) is 5.60. The summed E-state index contributed by atoms with van der Waals surface area (Å²) in [6.07, 6.45) is 5.29. The van der Waals surface area contributed by atoms with Crippen LogP contribution in [0.1, 0.15) is 19.3 Å². The SMILES string of the molecule is O=C(O)CC(/C=C/CCO)(/C=C/CCO)C(=O)O. The van der Waals surface area contributed by atoms with Crippen LogP contribution in [0.5, 0.6) is 0 Å². The van der Waals surface area contributed by atoms with Gasteiger partial charge in [0.2, 0.25) is 0 Å². The molecule has 0 unspecified atom stereocenters. The summed E-state index contributed by atoms with van der Waals surface area (Å²) in [5.41, 5.74) is -1.64. The Morgan fingerprint density at radius 2 is 1.39 bits per heavy atom. The van der Waals surface area contributed by atoms with Gasteiger partial charge in [-0.1, -0.05) is 24.3 Å². The Hall–Kier alpha value is -1.66. The number of carboxylic acid groups (broad SMARTS) is 2. The largest absolute Gasteiger partial charge is 0.481 e. The van der Waals surface area contributed by atoms with Crippen molar-refractivity contribution in [3.8, 4) is 0 Å². The van der Waals surface area contributed by atoms with Crippen LogP contribution in [0.25, 0.3) is 0 Å². The quantitative estimate of drug-likeness (QED) is 0.445. The zero-order valence-electron chi connectivity index (χ0n) is 9.95. The Labute approximate surface area is 105 Å². The first-order chi connectivity index (χ1) is 8.48. The van der Waals surface area contributed by atoms with Gasteiger partial charge in [0.1, 0.15) is 5.41 Å². The van der Waals surface area contributed by atoms with E-state index in [1.165, 1.54) is 24.3 Å². The number of aliphatic hydroxyl groups excluding tert-OH is 2. The fourth-order valence-corrected chi connectivity index (χ4v) is 1.38. The summed E-state index contributed by atoms with van der Waals surface area (Å²) in [4.78, 5) is 22.0. The van der Waals surface area contributed by atoms with Crippen LogP contribution in [-0.4, -0.2) is 45.6 Å². The standard InChI is InChI=1S/C12H18O6/c13-7-3-1-5-12(11(17)18,9-10(15)16)6-2-4-8-14/h1-2,5-6,13-14H,3-4,7-9H2,(H,15,16)(H,17,18)/b5-1+,6-2+. The first-order valence-electron chi connectivity index (χ1n) is 5.51. The minimum absolute atomic E-state index is 0.139. The van der Waals surface area contributed by atoms with Crippen molar-refractivity contribution in [2.75, 3.05) is 13.2 Å². The van der Waals surface area contributed by atoms with Crippen molar-refractivity contribution in [3.05, 3.63) is 24.3 Å². The van der Waals surface area contributed by atoms with E-state index in [0.29, 0.717) is 0 Å². The van der Waals surface area contributed by atoms with E-state index in [0.717, 1.165) is 0 Å². The van der Waals surface area contributed by atoms with E-state index in [1.54, 1.807) is 0 Å². The van der Waals surface area contributed by atoms with Gasteiger partial charge >= 0.3 is 11.9 Å². The predicted octanol–water partition coefficient (Wildman–Crippen LogP) is 0.409. The molecule has 0 heterocycles. The molecular weight excluding hydrogens is 240 g/mol. The summed E-state index contributed by atoms with van der Waals surface area (Å²) < 4.78 is 0. The van der Waals surface area contributed by atoms with Crippen LogP contribution in [0.15, 0.2) is 24.3 Å². The molecule has 0 aromatic heterocycles. The van der Waals surface area contributed by atoms with E-state index >= 15 is 0 Å². The average Bonchev–Trinajstić information content (AvgIpc) is 2.28. The van der Waals surface area contributed by atoms with Crippen molar-refractivity contribution in [1.82, 2.24) is 0 Å². The Morgan fingerprint density at radius 1 is 0.944 bits per heavy atom. The molecule has 0 saturated carbocycles. The summed E-state index contributed by atoms with van der Waals surface area (Å²) in [6, 6.07) is 0. The maximum atomic E-state index is 11.3. The Kier molecular flexibility index (Phi) is 7.66. The molecule has 0 atom stereocenters. The van der Waals surface area contributed by atoms with E-state index in [9.17, 15) is 14.7 Å². The predicted molar refractivity (Wildman–Crippen MR) is 64.0 cm³/mol. The molecule has 4 N–H and O–H groups in total. The van der Waals surface area contributed by atoms with Crippen molar-refractivity contribution in [2.45, 2.75) is 19.3 Å². The van der Waals surface area contributed by atoms with E-state index in [1.807, 2.05) is 0 Å². The van der Waals surface area contributed by atoms with Crippen LogP contribution in [0.4, 0.5) is 0 Å². The van der Waals surface area contributed by atoms with Crippen LogP contribution in [-0.2, 0) is 9.59 Å². The number of aliphatic carboxylic acids is 2. The third-order valence-corrected chi connectivity index (χ3v) is 2.26. The number of rotatable bonds is 9. The smallest absolute Gasteiger partial charge is 0.318 e. The molecule has 0 aliphatic carbocycles. The van der Waals surface area contributed by atoms with Gasteiger partial charge in [-0.15, -0.1) is 0 Å². The molecule has 6 heteroatoms. The van der Waals surface area contributed by atoms with Gasteiger partial charge in [0, 0.05) is 13.2 Å². The molecule has 0 saturated heterocycles. The third-order valence-electron chi connectivity index (χ3n) is 2.26. The van der Waals surface area contributed by atoms with Crippen LogP contribution >= 0.6 is 0 Å². The number of aliphatic hydroxyl groups is 2. The molecule has 0 aromatic carbocycles. The fraction of sp³-hybridized carbons (Fsp3) is 0.500. The molecule has 0 aliphatic heterocycles. The zero-order chi connectivity index (χ0) is 14.0. The van der Waals surface area contributed by atoms with Crippen LogP contribution < -0.4 is 0 Å². The van der Waals surface area contributed by atoms with E-state index < -0.39 is 23.8 Å². The van der Waals surface area contributed by atoms with E-state index in [2.05, 4.69) is 0 Å². The number of hydrogen-bond acceptors (Lipinski definition) is 4. The van der Waals surface area contributed by atoms with Crippen molar-refractivity contribution >= 4 is 11.9 Å². The lowest BCUT2D eigenvalue weighted by molar-refractivity contribution is -0.150. The van der Waals surface area contributed by atoms with Crippen LogP contribution in [0.3, 0.4) is 0 Å². The molecule has 18 heavy (non-hydrogen) atoms. The van der Waals surface area contributed by atoms with Gasteiger partial charge in [0.15, 0.2) is 0 Å². The second kappa shape index (κ2) is 8.43. The summed E-state index contributed by atoms with van der Waals surface area (Å²) >= 11 is 0. The Balaban J connectivity index is 5.14. The van der Waals surface area contributed by atoms with Crippen molar-refractivity contribution in [3.63, 3.8) is 0 Å². The fourth-order valence-electron chi connectivity index (χ4n) is 1.38. The van der Waals surface area contributed by atoms with Gasteiger partial charge in [-0.25, -0.2) is 0 Å². The highest BCUT2D eigenvalue weighted by Gasteiger charge is 2.35. The monoisotopic (exact) mass is 258 g/mol. The minimum atomic E-state index is -1.64. The highest BCUT2D eigenvalue weighted by Crippen LogP contribution is 2.27. The second-order valence-electron chi connectivity index (χ2n) is 3.75. The van der Waals surface area contributed by atoms with Gasteiger partial charge in [0.05, 0.1) is 6.42 Å². The molecule has 0 radical (unpaired) electrons. The highest BCUT2D eigenvalue weighted by atomic mass is 16.4. The first kappa shape index (κ1) is 16.3. The maximum Gasteiger partial charge on any atom is 0.318 e. The molecule has 6 nitrogen and oxygen atoms in total. The average molecular weight is 258 g/mol. The lowest BCUT2D eigenvalue weighted by atomic mass is 9.83. The molecular formula is C12H18O6. The van der Waals surface area contributed by atoms with E-state index in [-0.39, 0.29) is 26.1 Å². The summed E-state index contributed by atoms with van der Waals surface area (Å²) in [7, 11) is 0. The van der Waals surface area contributed by atoms with Gasteiger partial charge < -0.3 is 20.4 Å². The minimum Gasteiger partial charge on any atom is -0.481 e. The number of carbonyl (C=O) groups is 2. The maximum absolute atomic E-state index is 11.3. The van der Waals surface area contributed by atoms with Crippen LogP contribution in [0, 0.1) is 5.41 Å². The molecule has 0 rings (SSSR count). The van der Waals surface area contributed by atoms with Crippen molar-refractivity contribution in [1.29, 1.82) is 0 Å². The molecule has 0 bridgehead atoms. The van der Waals surface area contributed by atoms with Crippen LogP contribution in [0.2, 0.25) is 0 Å². The number of hydrogen-bond donors (Lipinski definition) is 4. The number of carboxylic acids is 2. The van der Waals surface area contributed by atoms with Gasteiger partial charge in [0.25, 0.3) is 0 Å². The van der Waals surface area contributed by atoms with Gasteiger partial charge in [-0.05, 0) is 12.8 Å². The first-order valence-corrected chi connectivity index (χ1v) is 5.51. The topological polar surface area (TPSA) is 115 Å². The molecule has 0 aliphatic rings. The van der Waals surface area contributed by atoms with Crippen molar-refractivity contribution in [2.24, 2.45) is 5.41 Å². The lowest BCUT2D eigenvalue weighted by Crippen LogP contribution is -2.29. The molecule has 102 valence electrons. The Morgan fingerprint density at radius 3 is 1.67 bits per heavy atom. The van der Waals surface area contributed by atoms with Crippen molar-refractivity contribution < 1.29 is 30.0 Å². The molecule has 0 fully saturated rings. The molecule has 0 aromatic rings. The summed E-state index contributed by atoms with van der Waals surface area (Å²) in [5.74, 6) is -2.52. The van der Waals surface area contributed by atoms with Gasteiger partial charge in [-0.3, -0.25) is 9.59 Å². The Bertz CT molecular complexity index is 315. The highest BCUT2D eigenvalue weighted by molar-refractivity contribution is 5.85. The van der Waals surface area contributed by atoms with Gasteiger partial charge in [-0.2, -0.15) is 0 Å².